The minimum Gasteiger partial charge on any atom is -0.492 e. The van der Waals surface area contributed by atoms with E-state index in [9.17, 15) is 4.79 Å². The second-order valence-electron chi connectivity index (χ2n) is 4.12. The molecule has 0 radical (unpaired) electrons. The lowest BCUT2D eigenvalue weighted by Gasteiger charge is -2.19. The maximum Gasteiger partial charge on any atom is 0.317 e. The highest BCUT2D eigenvalue weighted by Gasteiger charge is 2.08. The van der Waals surface area contributed by atoms with Gasteiger partial charge in [0.25, 0.3) is 0 Å². The van der Waals surface area contributed by atoms with Crippen molar-refractivity contribution < 1.29 is 14.6 Å². The van der Waals surface area contributed by atoms with Crippen molar-refractivity contribution in [2.24, 2.45) is 0 Å². The number of benzene rings is 1. The number of hydrogen-bond donors (Lipinski definition) is 1. The Labute approximate surface area is 135 Å². The van der Waals surface area contributed by atoms with E-state index in [1.165, 1.54) is 0 Å². The number of halogens is 3. The van der Waals surface area contributed by atoms with Gasteiger partial charge in [-0.15, -0.1) is 12.4 Å². The van der Waals surface area contributed by atoms with Crippen molar-refractivity contribution >= 4 is 41.6 Å². The minimum absolute atomic E-state index is 0. The van der Waals surface area contributed by atoms with Gasteiger partial charge in [-0.1, -0.05) is 30.1 Å². The molecule has 0 aliphatic rings. The zero-order chi connectivity index (χ0) is 14.3. The van der Waals surface area contributed by atoms with Crippen molar-refractivity contribution in [3.8, 4) is 5.75 Å². The summed E-state index contributed by atoms with van der Waals surface area (Å²) in [5.74, 6) is -0.247. The van der Waals surface area contributed by atoms with Crippen LogP contribution in [0, 0.1) is 0 Å². The van der Waals surface area contributed by atoms with Gasteiger partial charge in [0.2, 0.25) is 0 Å². The van der Waals surface area contributed by atoms with Crippen molar-refractivity contribution in [1.29, 1.82) is 0 Å². The molecule has 0 amide bonds. The third-order valence-corrected chi connectivity index (χ3v) is 2.85. The van der Waals surface area contributed by atoms with E-state index in [-0.39, 0.29) is 19.0 Å². The third kappa shape index (κ3) is 7.80. The van der Waals surface area contributed by atoms with Crippen LogP contribution in [0.5, 0.6) is 5.75 Å². The zero-order valence-corrected chi connectivity index (χ0v) is 13.5. The maximum atomic E-state index is 10.7. The van der Waals surface area contributed by atoms with Crippen LogP contribution in [-0.4, -0.2) is 42.2 Å². The molecule has 1 aromatic rings. The number of carboxylic acid groups (broad SMARTS) is 1. The predicted molar refractivity (Wildman–Crippen MR) is 83.6 cm³/mol. The molecule has 20 heavy (non-hydrogen) atoms. The van der Waals surface area contributed by atoms with Crippen molar-refractivity contribution in [3.63, 3.8) is 0 Å². The van der Waals surface area contributed by atoms with Crippen LogP contribution in [0.25, 0.3) is 0 Å². The molecular formula is C13H18Cl3NO3. The number of rotatable bonds is 8. The average molecular weight is 343 g/mol. The lowest BCUT2D eigenvalue weighted by atomic mass is 10.3. The van der Waals surface area contributed by atoms with Crippen molar-refractivity contribution in [2.75, 3.05) is 26.2 Å². The first-order valence-electron chi connectivity index (χ1n) is 6.04. The SMILES string of the molecule is CCCN(CCOc1cc(Cl)cc(Cl)c1)CC(=O)O.Cl. The molecule has 0 heterocycles. The van der Waals surface area contributed by atoms with Crippen LogP contribution >= 0.6 is 35.6 Å². The third-order valence-electron chi connectivity index (χ3n) is 2.41. The summed E-state index contributed by atoms with van der Waals surface area (Å²) in [6, 6.07) is 4.98. The molecule has 0 saturated heterocycles. The van der Waals surface area contributed by atoms with E-state index < -0.39 is 5.97 Å². The number of hydrogen-bond acceptors (Lipinski definition) is 3. The van der Waals surface area contributed by atoms with Gasteiger partial charge in [-0.3, -0.25) is 9.69 Å². The highest BCUT2D eigenvalue weighted by atomic mass is 35.5. The molecule has 0 spiro atoms. The van der Waals surface area contributed by atoms with Gasteiger partial charge >= 0.3 is 5.97 Å². The Morgan fingerprint density at radius 1 is 1.25 bits per heavy atom. The number of carbonyl (C=O) groups is 1. The van der Waals surface area contributed by atoms with Gasteiger partial charge in [-0.05, 0) is 31.2 Å². The van der Waals surface area contributed by atoms with E-state index >= 15 is 0 Å². The minimum atomic E-state index is -0.834. The van der Waals surface area contributed by atoms with Gasteiger partial charge in [0.15, 0.2) is 0 Å². The van der Waals surface area contributed by atoms with Crippen LogP contribution in [0.15, 0.2) is 18.2 Å². The van der Waals surface area contributed by atoms with Crippen molar-refractivity contribution in [3.05, 3.63) is 28.2 Å². The summed E-state index contributed by atoms with van der Waals surface area (Å²) in [5.41, 5.74) is 0. The Kier molecular flexibility index (Phi) is 9.76. The van der Waals surface area contributed by atoms with Gasteiger partial charge in [0, 0.05) is 16.6 Å². The number of carboxylic acids is 1. The summed E-state index contributed by atoms with van der Waals surface area (Å²) < 4.78 is 5.52. The molecule has 0 fully saturated rings. The Morgan fingerprint density at radius 3 is 2.35 bits per heavy atom. The Morgan fingerprint density at radius 2 is 1.85 bits per heavy atom. The molecule has 0 aliphatic heterocycles. The molecule has 0 saturated carbocycles. The second-order valence-corrected chi connectivity index (χ2v) is 5.00. The van der Waals surface area contributed by atoms with Gasteiger partial charge in [-0.2, -0.15) is 0 Å². The topological polar surface area (TPSA) is 49.8 Å². The van der Waals surface area contributed by atoms with Crippen LogP contribution in [0.3, 0.4) is 0 Å². The van der Waals surface area contributed by atoms with Crippen LogP contribution < -0.4 is 4.74 Å². The first kappa shape index (κ1) is 19.3. The summed E-state index contributed by atoms with van der Waals surface area (Å²) in [6.07, 6.45) is 0.899. The Balaban J connectivity index is 0.00000361. The van der Waals surface area contributed by atoms with Crippen molar-refractivity contribution in [2.45, 2.75) is 13.3 Å². The molecule has 4 nitrogen and oxygen atoms in total. The first-order valence-corrected chi connectivity index (χ1v) is 6.80. The molecule has 0 unspecified atom stereocenters. The maximum absolute atomic E-state index is 10.7. The molecule has 0 aromatic heterocycles. The van der Waals surface area contributed by atoms with Crippen LogP contribution in [0.2, 0.25) is 10.0 Å². The molecule has 0 bridgehead atoms. The zero-order valence-electron chi connectivity index (χ0n) is 11.1. The number of ether oxygens (including phenoxy) is 1. The Hall–Kier alpha value is -0.680. The highest BCUT2D eigenvalue weighted by Crippen LogP contribution is 2.24. The van der Waals surface area contributed by atoms with Gasteiger partial charge in [-0.25, -0.2) is 0 Å². The number of aliphatic carboxylic acids is 1. The van der Waals surface area contributed by atoms with E-state index in [0.717, 1.165) is 13.0 Å². The summed E-state index contributed by atoms with van der Waals surface area (Å²) in [4.78, 5) is 12.5. The molecule has 7 heteroatoms. The second kappa shape index (κ2) is 10.1. The molecule has 0 aliphatic carbocycles. The largest absolute Gasteiger partial charge is 0.492 e. The first-order chi connectivity index (χ1) is 9.01. The fraction of sp³-hybridized carbons (Fsp3) is 0.462. The summed E-state index contributed by atoms with van der Waals surface area (Å²) in [5, 5.41) is 9.81. The average Bonchev–Trinajstić information content (AvgIpc) is 2.27. The summed E-state index contributed by atoms with van der Waals surface area (Å²) in [6.45, 7) is 3.69. The molecule has 1 N–H and O–H groups in total. The van der Waals surface area contributed by atoms with E-state index in [2.05, 4.69) is 0 Å². The molecule has 114 valence electrons. The fourth-order valence-electron chi connectivity index (χ4n) is 1.68. The van der Waals surface area contributed by atoms with Gasteiger partial charge < -0.3 is 9.84 Å². The molecule has 1 rings (SSSR count). The van der Waals surface area contributed by atoms with E-state index in [4.69, 9.17) is 33.0 Å². The van der Waals surface area contributed by atoms with E-state index in [1.807, 2.05) is 11.8 Å². The summed E-state index contributed by atoms with van der Waals surface area (Å²) in [7, 11) is 0. The van der Waals surface area contributed by atoms with Crippen LogP contribution in [0.4, 0.5) is 0 Å². The van der Waals surface area contributed by atoms with E-state index in [1.54, 1.807) is 18.2 Å². The predicted octanol–water partition coefficient (Wildman–Crippen LogP) is 3.59. The van der Waals surface area contributed by atoms with Crippen LogP contribution in [-0.2, 0) is 4.79 Å². The van der Waals surface area contributed by atoms with E-state index in [0.29, 0.717) is 28.9 Å². The molecular weight excluding hydrogens is 325 g/mol. The standard InChI is InChI=1S/C13H17Cl2NO3.ClH/c1-2-3-16(9-13(17)18)4-5-19-12-7-10(14)6-11(15)8-12;/h6-8H,2-5,9H2,1H3,(H,17,18);1H. The quantitative estimate of drug-likeness (QED) is 0.784. The lowest BCUT2D eigenvalue weighted by molar-refractivity contribution is -0.138. The highest BCUT2D eigenvalue weighted by molar-refractivity contribution is 6.34. The Bertz CT molecular complexity index is 409. The number of nitrogens with zero attached hydrogens (tertiary/aromatic N) is 1. The molecule has 1 aromatic carbocycles. The van der Waals surface area contributed by atoms with Crippen molar-refractivity contribution in [1.82, 2.24) is 4.90 Å². The monoisotopic (exact) mass is 341 g/mol. The van der Waals surface area contributed by atoms with Gasteiger partial charge in [0.05, 0.1) is 6.54 Å². The normalized spacial score (nSPS) is 10.2. The smallest absolute Gasteiger partial charge is 0.317 e. The fourth-order valence-corrected chi connectivity index (χ4v) is 2.19. The summed E-state index contributed by atoms with van der Waals surface area (Å²) >= 11 is 11.7. The van der Waals surface area contributed by atoms with Crippen LogP contribution in [0.1, 0.15) is 13.3 Å². The lowest BCUT2D eigenvalue weighted by Crippen LogP contribution is -2.34. The molecule has 0 atom stereocenters. The van der Waals surface area contributed by atoms with Gasteiger partial charge in [0.1, 0.15) is 12.4 Å².